The average molecular weight is 175 g/mol. The monoisotopic (exact) mass is 175 g/mol. The maximum atomic E-state index is 11.1. The SMILES string of the molecule is [O-][n+]1cccn1Cc1ccccn1. The fraction of sp³-hybridized carbons (Fsp3) is 0.111. The Balaban J connectivity index is 2.20. The van der Waals surface area contributed by atoms with E-state index < -0.39 is 0 Å². The zero-order valence-electron chi connectivity index (χ0n) is 7.00. The van der Waals surface area contributed by atoms with Gasteiger partial charge in [-0.05, 0) is 12.1 Å². The highest BCUT2D eigenvalue weighted by Gasteiger charge is 2.01. The van der Waals surface area contributed by atoms with Crippen LogP contribution in [0.3, 0.4) is 0 Å². The van der Waals surface area contributed by atoms with E-state index in [0.29, 0.717) is 6.54 Å². The van der Waals surface area contributed by atoms with E-state index in [1.807, 2.05) is 18.2 Å². The summed E-state index contributed by atoms with van der Waals surface area (Å²) in [7, 11) is 0. The molecule has 0 spiro atoms. The van der Waals surface area contributed by atoms with E-state index in [0.717, 1.165) is 10.5 Å². The van der Waals surface area contributed by atoms with Gasteiger partial charge < -0.3 is 5.21 Å². The van der Waals surface area contributed by atoms with Gasteiger partial charge in [-0.3, -0.25) is 4.98 Å². The molecule has 0 aliphatic heterocycles. The molecule has 4 nitrogen and oxygen atoms in total. The van der Waals surface area contributed by atoms with Crippen LogP contribution in [0.15, 0.2) is 42.9 Å². The summed E-state index contributed by atoms with van der Waals surface area (Å²) in [5.41, 5.74) is 0.878. The zero-order valence-corrected chi connectivity index (χ0v) is 7.00. The van der Waals surface area contributed by atoms with Crippen LogP contribution in [0.4, 0.5) is 0 Å². The van der Waals surface area contributed by atoms with E-state index in [2.05, 4.69) is 4.98 Å². The molecule has 0 N–H and O–H groups in total. The van der Waals surface area contributed by atoms with Crippen molar-refractivity contribution in [1.29, 1.82) is 0 Å². The van der Waals surface area contributed by atoms with Crippen LogP contribution in [-0.2, 0) is 6.54 Å². The molecule has 2 aromatic rings. The van der Waals surface area contributed by atoms with Crippen LogP contribution in [0.25, 0.3) is 0 Å². The third kappa shape index (κ3) is 1.66. The maximum absolute atomic E-state index is 11.1. The smallest absolute Gasteiger partial charge is 0.209 e. The molecule has 2 rings (SSSR count). The number of hydrogen-bond acceptors (Lipinski definition) is 2. The van der Waals surface area contributed by atoms with Crippen LogP contribution in [0.5, 0.6) is 0 Å². The Kier molecular flexibility index (Phi) is 1.96. The van der Waals surface area contributed by atoms with Crippen LogP contribution in [-0.4, -0.2) is 9.67 Å². The predicted octanol–water partition coefficient (Wildman–Crippen LogP) is 0.565. The van der Waals surface area contributed by atoms with Crippen molar-refractivity contribution in [3.63, 3.8) is 0 Å². The highest BCUT2D eigenvalue weighted by atomic mass is 16.5. The van der Waals surface area contributed by atoms with Gasteiger partial charge in [0.1, 0.15) is 6.54 Å². The standard InChI is InChI=1S/C9H9N3O/c13-12-7-3-6-11(12)8-9-4-1-2-5-10-9/h1-7H,8H2. The second-order valence-corrected chi connectivity index (χ2v) is 2.71. The van der Waals surface area contributed by atoms with Crippen LogP contribution < -0.4 is 4.85 Å². The van der Waals surface area contributed by atoms with E-state index in [4.69, 9.17) is 0 Å². The van der Waals surface area contributed by atoms with Crippen LogP contribution in [0.2, 0.25) is 0 Å². The summed E-state index contributed by atoms with van der Waals surface area (Å²) in [6.45, 7) is 0.511. The first-order chi connectivity index (χ1) is 6.36. The average Bonchev–Trinajstić information content (AvgIpc) is 2.54. The highest BCUT2D eigenvalue weighted by Crippen LogP contribution is 1.95. The molecule has 0 fully saturated rings. The molecule has 0 bridgehead atoms. The van der Waals surface area contributed by atoms with Crippen molar-refractivity contribution in [1.82, 2.24) is 9.67 Å². The molecule has 0 aromatic carbocycles. The Hall–Kier alpha value is -1.84. The predicted molar refractivity (Wildman–Crippen MR) is 46.7 cm³/mol. The summed E-state index contributed by atoms with van der Waals surface area (Å²) in [6.07, 6.45) is 4.90. The molecule has 13 heavy (non-hydrogen) atoms. The van der Waals surface area contributed by atoms with Gasteiger partial charge in [-0.2, -0.15) is 0 Å². The van der Waals surface area contributed by atoms with Gasteiger partial charge in [0, 0.05) is 12.3 Å². The Morgan fingerprint density at radius 1 is 1.38 bits per heavy atom. The molecule has 0 aliphatic carbocycles. The minimum atomic E-state index is 0.511. The molecule has 0 saturated carbocycles. The van der Waals surface area contributed by atoms with Gasteiger partial charge in [0.05, 0.1) is 11.9 Å². The summed E-state index contributed by atoms with van der Waals surface area (Å²) in [5.74, 6) is 0. The second kappa shape index (κ2) is 3.26. The second-order valence-electron chi connectivity index (χ2n) is 2.71. The Morgan fingerprint density at radius 2 is 2.31 bits per heavy atom. The Labute approximate surface area is 75.6 Å². The van der Waals surface area contributed by atoms with Crippen LogP contribution in [0, 0.1) is 5.21 Å². The minimum Gasteiger partial charge on any atom is -0.596 e. The summed E-state index contributed by atoms with van der Waals surface area (Å²) < 4.78 is 1.54. The molecular formula is C9H9N3O. The molecule has 0 aliphatic rings. The summed E-state index contributed by atoms with van der Waals surface area (Å²) >= 11 is 0. The van der Waals surface area contributed by atoms with E-state index in [1.165, 1.54) is 6.20 Å². The molecule has 0 unspecified atom stereocenters. The zero-order chi connectivity index (χ0) is 9.10. The number of rotatable bonds is 2. The van der Waals surface area contributed by atoms with Gasteiger partial charge in [-0.1, -0.05) is 10.9 Å². The minimum absolute atomic E-state index is 0.511. The van der Waals surface area contributed by atoms with Crippen molar-refractivity contribution in [3.8, 4) is 0 Å². The van der Waals surface area contributed by atoms with Gasteiger partial charge in [-0.15, -0.1) is 4.68 Å². The maximum Gasteiger partial charge on any atom is 0.209 e. The molecule has 66 valence electrons. The largest absolute Gasteiger partial charge is 0.596 e. The summed E-state index contributed by atoms with van der Waals surface area (Å²) in [4.78, 5) is 4.91. The number of hydrogen-bond donors (Lipinski definition) is 0. The van der Waals surface area contributed by atoms with Crippen LogP contribution >= 0.6 is 0 Å². The van der Waals surface area contributed by atoms with Gasteiger partial charge in [-0.25, -0.2) is 0 Å². The molecule has 4 heteroatoms. The highest BCUT2D eigenvalue weighted by molar-refractivity contribution is 5.03. The normalized spacial score (nSPS) is 10.2. The molecule has 2 aromatic heterocycles. The van der Waals surface area contributed by atoms with Crippen molar-refractivity contribution in [2.75, 3.05) is 0 Å². The van der Waals surface area contributed by atoms with Crippen molar-refractivity contribution in [2.45, 2.75) is 6.54 Å². The lowest BCUT2D eigenvalue weighted by atomic mass is 10.3. The van der Waals surface area contributed by atoms with E-state index in [-0.39, 0.29) is 0 Å². The molecule has 0 radical (unpaired) electrons. The van der Waals surface area contributed by atoms with Crippen molar-refractivity contribution < 1.29 is 4.85 Å². The summed E-state index contributed by atoms with van der Waals surface area (Å²) in [5, 5.41) is 11.1. The first kappa shape index (κ1) is 7.79. The lowest BCUT2D eigenvalue weighted by Gasteiger charge is -2.01. The Bertz CT molecular complexity index is 383. The fourth-order valence-electron chi connectivity index (χ4n) is 1.14. The molecule has 0 saturated heterocycles. The van der Waals surface area contributed by atoms with Crippen molar-refractivity contribution >= 4 is 0 Å². The first-order valence-electron chi connectivity index (χ1n) is 4.01. The topological polar surface area (TPSA) is 44.8 Å². The van der Waals surface area contributed by atoms with E-state index in [1.54, 1.807) is 23.1 Å². The molecule has 2 heterocycles. The molecular weight excluding hydrogens is 166 g/mol. The Morgan fingerprint density at radius 3 is 2.92 bits per heavy atom. The third-order valence-corrected chi connectivity index (χ3v) is 1.78. The first-order valence-corrected chi connectivity index (χ1v) is 4.01. The number of nitrogens with zero attached hydrogens (tertiary/aromatic N) is 3. The molecule has 0 atom stereocenters. The van der Waals surface area contributed by atoms with Gasteiger partial charge in [0.25, 0.3) is 0 Å². The fourth-order valence-corrected chi connectivity index (χ4v) is 1.14. The van der Waals surface area contributed by atoms with E-state index >= 15 is 0 Å². The van der Waals surface area contributed by atoms with Crippen molar-refractivity contribution in [3.05, 3.63) is 53.8 Å². The third-order valence-electron chi connectivity index (χ3n) is 1.78. The van der Waals surface area contributed by atoms with Crippen molar-refractivity contribution in [2.24, 2.45) is 0 Å². The number of pyridine rings is 1. The lowest BCUT2D eigenvalue weighted by molar-refractivity contribution is -0.693. The van der Waals surface area contributed by atoms with E-state index in [9.17, 15) is 5.21 Å². The molecule has 0 amide bonds. The summed E-state index contributed by atoms with van der Waals surface area (Å²) in [6, 6.07) is 7.35. The number of aromatic nitrogens is 3. The van der Waals surface area contributed by atoms with Gasteiger partial charge >= 0.3 is 0 Å². The van der Waals surface area contributed by atoms with Gasteiger partial charge in [0.2, 0.25) is 6.20 Å². The lowest BCUT2D eigenvalue weighted by Crippen LogP contribution is -2.36. The quantitative estimate of drug-likeness (QED) is 0.494. The van der Waals surface area contributed by atoms with Gasteiger partial charge in [0.15, 0.2) is 0 Å². The van der Waals surface area contributed by atoms with Crippen LogP contribution in [0.1, 0.15) is 5.69 Å².